The molecule has 1 aromatic carbocycles. The minimum Gasteiger partial charge on any atom is -0.508 e. The number of phenols is 1. The highest BCUT2D eigenvalue weighted by Gasteiger charge is 2.51. The maximum absolute atomic E-state index is 12.7. The summed E-state index contributed by atoms with van der Waals surface area (Å²) >= 11 is 0. The molecule has 0 amide bonds. The molecular formula is C19H24N6O7S. The summed E-state index contributed by atoms with van der Waals surface area (Å²) in [7, 11) is -3.91. The first-order chi connectivity index (χ1) is 15.7. The van der Waals surface area contributed by atoms with Gasteiger partial charge in [0.05, 0.1) is 25.3 Å². The molecule has 1 saturated heterocycles. The number of sulfonamides is 1. The van der Waals surface area contributed by atoms with Crippen molar-refractivity contribution in [1.82, 2.24) is 24.2 Å². The molecule has 0 aliphatic carbocycles. The molecule has 3 heterocycles. The van der Waals surface area contributed by atoms with Gasteiger partial charge in [0.1, 0.15) is 42.1 Å². The number of anilines is 1. The average Bonchev–Trinajstić information content (AvgIpc) is 3.42. The number of hydrogen-bond acceptors (Lipinski definition) is 11. The van der Waals surface area contributed by atoms with Crippen molar-refractivity contribution in [2.75, 3.05) is 31.2 Å². The first kappa shape index (κ1) is 23.3. The fourth-order valence-electron chi connectivity index (χ4n) is 3.42. The number of epoxide rings is 1. The van der Waals surface area contributed by atoms with E-state index in [0.29, 0.717) is 16.7 Å². The summed E-state index contributed by atoms with van der Waals surface area (Å²) in [5, 5.41) is 29.5. The van der Waals surface area contributed by atoms with Crippen LogP contribution in [0.15, 0.2) is 36.9 Å². The molecule has 1 aliphatic rings. The summed E-state index contributed by atoms with van der Waals surface area (Å²) in [6.45, 7) is -0.952. The van der Waals surface area contributed by atoms with Gasteiger partial charge in [-0.05, 0) is 6.07 Å². The van der Waals surface area contributed by atoms with Crippen LogP contribution < -0.4 is 10.5 Å². The number of para-hydroxylation sites is 1. The fourth-order valence-corrected chi connectivity index (χ4v) is 4.88. The second-order valence-electron chi connectivity index (χ2n) is 7.64. The maximum Gasteiger partial charge on any atom is 0.214 e. The minimum atomic E-state index is -3.91. The summed E-state index contributed by atoms with van der Waals surface area (Å²) in [4.78, 5) is 12.0. The Labute approximate surface area is 188 Å². The number of ether oxygens (including phenoxy) is 2. The molecule has 33 heavy (non-hydrogen) atoms. The molecule has 0 radical (unpaired) electrons. The largest absolute Gasteiger partial charge is 0.508 e. The minimum absolute atomic E-state index is 0.0564. The number of aromatic nitrogens is 4. The van der Waals surface area contributed by atoms with Crippen molar-refractivity contribution in [1.29, 1.82) is 0 Å². The lowest BCUT2D eigenvalue weighted by Crippen LogP contribution is -2.44. The molecular weight excluding hydrogens is 456 g/mol. The number of nitrogen functional groups attached to an aromatic ring is 1. The molecule has 6 N–H and O–H groups in total. The van der Waals surface area contributed by atoms with Crippen molar-refractivity contribution < 1.29 is 33.2 Å². The van der Waals surface area contributed by atoms with Crippen LogP contribution >= 0.6 is 0 Å². The summed E-state index contributed by atoms with van der Waals surface area (Å²) in [6, 6.07) is 6.37. The topological polar surface area (TPSA) is 198 Å². The standard InChI is InChI=1S/C19H24N6O7S/c20-17-16-18(22-9-21-17)25(10-23-16)11-31-15(14(28)6-26)5-24-33(29,30)8-19(7-32-19)12-3-1-2-4-13(12)27/h1-4,9-10,14-15,24,26-28H,5-8,11H2,(H2,20,21,22)/t14?,15-,19?/m1/s1. The van der Waals surface area contributed by atoms with Crippen LogP contribution in [0, 0.1) is 0 Å². The highest BCUT2D eigenvalue weighted by Crippen LogP contribution is 2.43. The number of aliphatic hydroxyl groups is 2. The van der Waals surface area contributed by atoms with Gasteiger partial charge in [0.15, 0.2) is 11.5 Å². The van der Waals surface area contributed by atoms with Crippen LogP contribution in [0.4, 0.5) is 5.82 Å². The molecule has 1 aliphatic heterocycles. The van der Waals surface area contributed by atoms with Crippen LogP contribution in [0.5, 0.6) is 5.75 Å². The van der Waals surface area contributed by atoms with Gasteiger partial charge in [-0.1, -0.05) is 18.2 Å². The zero-order valence-corrected chi connectivity index (χ0v) is 18.2. The Balaban J connectivity index is 1.41. The predicted octanol–water partition coefficient (Wildman–Crippen LogP) is -1.34. The Morgan fingerprint density at radius 1 is 1.30 bits per heavy atom. The van der Waals surface area contributed by atoms with Gasteiger partial charge >= 0.3 is 0 Å². The first-order valence-corrected chi connectivity index (χ1v) is 11.6. The summed E-state index contributed by atoms with van der Waals surface area (Å²) in [5.41, 5.74) is 5.77. The van der Waals surface area contributed by atoms with Crippen LogP contribution in [0.25, 0.3) is 11.2 Å². The van der Waals surface area contributed by atoms with Gasteiger partial charge in [-0.3, -0.25) is 4.57 Å². The Morgan fingerprint density at radius 2 is 2.06 bits per heavy atom. The Bertz CT molecular complexity index is 1230. The Hall–Kier alpha value is -2.88. The van der Waals surface area contributed by atoms with Crippen LogP contribution in [0.1, 0.15) is 5.56 Å². The second-order valence-corrected chi connectivity index (χ2v) is 9.44. The molecule has 2 aromatic heterocycles. The van der Waals surface area contributed by atoms with E-state index in [1.54, 1.807) is 18.2 Å². The smallest absolute Gasteiger partial charge is 0.214 e. The lowest BCUT2D eigenvalue weighted by molar-refractivity contribution is -0.0765. The van der Waals surface area contributed by atoms with Gasteiger partial charge in [0, 0.05) is 12.1 Å². The number of fused-ring (bicyclic) bond motifs is 1. The first-order valence-electron chi connectivity index (χ1n) is 9.96. The van der Waals surface area contributed by atoms with Crippen LogP contribution in [-0.4, -0.2) is 81.0 Å². The number of aromatic hydroxyl groups is 1. The molecule has 13 nitrogen and oxygen atoms in total. The molecule has 4 rings (SSSR count). The third-order valence-electron chi connectivity index (χ3n) is 5.29. The predicted molar refractivity (Wildman–Crippen MR) is 115 cm³/mol. The van der Waals surface area contributed by atoms with Crippen molar-refractivity contribution >= 4 is 27.0 Å². The van der Waals surface area contributed by atoms with E-state index in [1.165, 1.54) is 23.3 Å². The number of rotatable bonds is 11. The van der Waals surface area contributed by atoms with E-state index >= 15 is 0 Å². The van der Waals surface area contributed by atoms with Crippen molar-refractivity contribution in [3.8, 4) is 5.75 Å². The number of nitrogens with zero attached hydrogens (tertiary/aromatic N) is 4. The number of nitrogens with one attached hydrogen (secondary N) is 1. The van der Waals surface area contributed by atoms with Gasteiger partial charge in [0.25, 0.3) is 0 Å². The monoisotopic (exact) mass is 480 g/mol. The fraction of sp³-hybridized carbons (Fsp3) is 0.421. The highest BCUT2D eigenvalue weighted by atomic mass is 32.2. The van der Waals surface area contributed by atoms with E-state index < -0.39 is 40.2 Å². The molecule has 178 valence electrons. The number of imidazole rings is 1. The molecule has 0 bridgehead atoms. The van der Waals surface area contributed by atoms with Crippen LogP contribution in [-0.2, 0) is 31.8 Å². The molecule has 2 unspecified atom stereocenters. The van der Waals surface area contributed by atoms with Crippen molar-refractivity contribution in [3.63, 3.8) is 0 Å². The van der Waals surface area contributed by atoms with Crippen molar-refractivity contribution in [2.45, 2.75) is 24.5 Å². The van der Waals surface area contributed by atoms with E-state index in [-0.39, 0.29) is 31.4 Å². The molecule has 0 saturated carbocycles. The molecule has 1 fully saturated rings. The molecule has 3 atom stereocenters. The Kier molecular flexibility index (Phi) is 6.47. The van der Waals surface area contributed by atoms with Gasteiger partial charge in [0.2, 0.25) is 10.0 Å². The van der Waals surface area contributed by atoms with Crippen molar-refractivity contribution in [2.24, 2.45) is 0 Å². The Morgan fingerprint density at radius 3 is 2.76 bits per heavy atom. The van der Waals surface area contributed by atoms with E-state index in [0.717, 1.165) is 0 Å². The number of hydrogen-bond donors (Lipinski definition) is 5. The maximum atomic E-state index is 12.7. The van der Waals surface area contributed by atoms with Gasteiger partial charge in [-0.15, -0.1) is 0 Å². The van der Waals surface area contributed by atoms with Gasteiger partial charge in [-0.25, -0.2) is 28.1 Å². The number of aliphatic hydroxyl groups excluding tert-OH is 2. The third-order valence-corrected chi connectivity index (χ3v) is 6.74. The quantitative estimate of drug-likeness (QED) is 0.203. The highest BCUT2D eigenvalue weighted by molar-refractivity contribution is 7.89. The lowest BCUT2D eigenvalue weighted by Gasteiger charge is -2.23. The summed E-state index contributed by atoms with van der Waals surface area (Å²) in [6.07, 6.45) is 0.252. The number of phenolic OH excluding ortho intramolecular Hbond substituents is 1. The van der Waals surface area contributed by atoms with Crippen LogP contribution in [0.3, 0.4) is 0 Å². The van der Waals surface area contributed by atoms with Gasteiger partial charge < -0.3 is 30.5 Å². The third kappa shape index (κ3) is 5.05. The van der Waals surface area contributed by atoms with E-state index in [4.69, 9.17) is 15.2 Å². The molecule has 14 heteroatoms. The SMILES string of the molecule is Nc1ncnc2c1ncn2CO[C@H](CNS(=O)(=O)CC1(c2ccccc2O)CO1)C(O)CO. The van der Waals surface area contributed by atoms with E-state index in [9.17, 15) is 23.7 Å². The summed E-state index contributed by atoms with van der Waals surface area (Å²) < 4.78 is 40.3. The average molecular weight is 481 g/mol. The van der Waals surface area contributed by atoms with Crippen LogP contribution in [0.2, 0.25) is 0 Å². The van der Waals surface area contributed by atoms with Gasteiger partial charge in [-0.2, -0.15) is 0 Å². The summed E-state index contributed by atoms with van der Waals surface area (Å²) in [5.74, 6) is -0.291. The molecule has 3 aromatic rings. The van der Waals surface area contributed by atoms with E-state index in [1.807, 2.05) is 0 Å². The normalized spacial score (nSPS) is 20.1. The number of nitrogens with two attached hydrogens (primary N) is 1. The molecule has 0 spiro atoms. The number of benzene rings is 1. The zero-order valence-electron chi connectivity index (χ0n) is 17.4. The van der Waals surface area contributed by atoms with Crippen molar-refractivity contribution in [3.05, 3.63) is 42.5 Å². The zero-order chi connectivity index (χ0) is 23.6. The van der Waals surface area contributed by atoms with E-state index in [2.05, 4.69) is 19.7 Å². The second kappa shape index (κ2) is 9.17. The lowest BCUT2D eigenvalue weighted by atomic mass is 10.0.